The van der Waals surface area contributed by atoms with Gasteiger partial charge in [0.25, 0.3) is 0 Å². The number of halogens is 1. The average molecular weight is 536 g/mol. The summed E-state index contributed by atoms with van der Waals surface area (Å²) < 4.78 is 16.4. The highest BCUT2D eigenvalue weighted by Gasteiger charge is 2.07. The molecule has 0 aliphatic heterocycles. The van der Waals surface area contributed by atoms with E-state index >= 15 is 0 Å². The van der Waals surface area contributed by atoms with Gasteiger partial charge in [-0.15, -0.1) is 24.0 Å². The lowest BCUT2D eigenvalue weighted by atomic mass is 10.1. The number of methoxy groups -OCH3 is 1. The van der Waals surface area contributed by atoms with E-state index in [1.807, 2.05) is 36.4 Å². The number of hydrogen-bond donors (Lipinski definition) is 2. The fourth-order valence-electron chi connectivity index (χ4n) is 2.79. The van der Waals surface area contributed by atoms with Gasteiger partial charge >= 0.3 is 0 Å². The minimum atomic E-state index is 0. The normalized spacial score (nSPS) is 10.9. The molecule has 3 aromatic rings. The Hall–Kier alpha value is -2.75. The van der Waals surface area contributed by atoms with Crippen LogP contribution in [0.4, 0.5) is 0 Å². The zero-order valence-electron chi connectivity index (χ0n) is 18.1. The van der Waals surface area contributed by atoms with Crippen LogP contribution in [0.5, 0.6) is 11.5 Å². The van der Waals surface area contributed by atoms with Gasteiger partial charge < -0.3 is 24.5 Å². The van der Waals surface area contributed by atoms with Gasteiger partial charge in [0.2, 0.25) is 5.89 Å². The molecule has 2 N–H and O–H groups in total. The first-order valence-electron chi connectivity index (χ1n) is 9.91. The Kier molecular flexibility index (Phi) is 10.2. The molecular formula is C23H29IN4O3. The summed E-state index contributed by atoms with van der Waals surface area (Å²) in [6.07, 6.45) is 2.44. The van der Waals surface area contributed by atoms with Gasteiger partial charge in [-0.1, -0.05) is 17.7 Å². The van der Waals surface area contributed by atoms with Gasteiger partial charge in [0.1, 0.15) is 24.4 Å². The molecule has 0 saturated heterocycles. The number of aryl methyl sites for hydroxylation is 1. The molecule has 0 radical (unpaired) electrons. The zero-order chi connectivity index (χ0) is 21.2. The highest BCUT2D eigenvalue weighted by molar-refractivity contribution is 14.0. The molecule has 3 rings (SSSR count). The van der Waals surface area contributed by atoms with Crippen LogP contribution in [-0.2, 0) is 6.42 Å². The largest absolute Gasteiger partial charge is 0.497 e. The Balaban J connectivity index is 0.00000341. The zero-order valence-corrected chi connectivity index (χ0v) is 20.4. The van der Waals surface area contributed by atoms with E-state index in [2.05, 4.69) is 39.7 Å². The number of guanidine groups is 1. The maximum Gasteiger partial charge on any atom is 0.226 e. The lowest BCUT2D eigenvalue weighted by Gasteiger charge is -2.12. The van der Waals surface area contributed by atoms with Crippen LogP contribution in [0.3, 0.4) is 0 Å². The lowest BCUT2D eigenvalue weighted by Crippen LogP contribution is -2.40. The van der Waals surface area contributed by atoms with Crippen LogP contribution >= 0.6 is 24.0 Å². The van der Waals surface area contributed by atoms with Crippen molar-refractivity contribution in [1.29, 1.82) is 0 Å². The van der Waals surface area contributed by atoms with Crippen molar-refractivity contribution in [3.8, 4) is 23.0 Å². The molecule has 1 heterocycles. The van der Waals surface area contributed by atoms with Crippen LogP contribution in [0, 0.1) is 6.92 Å². The Labute approximate surface area is 200 Å². The van der Waals surface area contributed by atoms with E-state index in [4.69, 9.17) is 13.9 Å². The Bertz CT molecular complexity index is 940. The van der Waals surface area contributed by atoms with Crippen molar-refractivity contribution in [3.05, 3.63) is 66.1 Å². The van der Waals surface area contributed by atoms with Crippen molar-refractivity contribution in [3.63, 3.8) is 0 Å². The molecule has 0 spiro atoms. The van der Waals surface area contributed by atoms with Crippen LogP contribution < -0.4 is 20.1 Å². The molecule has 0 fully saturated rings. The van der Waals surface area contributed by atoms with E-state index in [9.17, 15) is 0 Å². The molecule has 166 valence electrons. The quantitative estimate of drug-likeness (QED) is 0.186. The first-order chi connectivity index (χ1) is 14.7. The van der Waals surface area contributed by atoms with Gasteiger partial charge in [-0.05, 0) is 43.3 Å². The molecule has 1 aromatic heterocycles. The summed E-state index contributed by atoms with van der Waals surface area (Å²) >= 11 is 0. The van der Waals surface area contributed by atoms with E-state index in [0.29, 0.717) is 25.6 Å². The number of ether oxygens (including phenoxy) is 2. The van der Waals surface area contributed by atoms with Crippen molar-refractivity contribution < 1.29 is 13.9 Å². The lowest BCUT2D eigenvalue weighted by molar-refractivity contribution is 0.321. The molecule has 0 unspecified atom stereocenters. The third-order valence-corrected chi connectivity index (χ3v) is 4.47. The van der Waals surface area contributed by atoms with Gasteiger partial charge in [0.15, 0.2) is 5.96 Å². The minimum absolute atomic E-state index is 0. The Morgan fingerprint density at radius 3 is 2.35 bits per heavy atom. The molecular weight excluding hydrogens is 507 g/mol. The predicted molar refractivity (Wildman–Crippen MR) is 134 cm³/mol. The van der Waals surface area contributed by atoms with Crippen LogP contribution in [0.25, 0.3) is 11.5 Å². The maximum absolute atomic E-state index is 5.70. The summed E-state index contributed by atoms with van der Waals surface area (Å²) in [5, 5.41) is 6.50. The molecule has 0 amide bonds. The van der Waals surface area contributed by atoms with E-state index in [0.717, 1.165) is 35.1 Å². The summed E-state index contributed by atoms with van der Waals surface area (Å²) in [6, 6.07) is 15.6. The summed E-state index contributed by atoms with van der Waals surface area (Å²) in [5.74, 6) is 2.97. The number of aliphatic imine (C=N–C) groups is 1. The second kappa shape index (κ2) is 12.8. The number of rotatable bonds is 9. The predicted octanol–water partition coefficient (Wildman–Crippen LogP) is 4.06. The minimum Gasteiger partial charge on any atom is -0.497 e. The van der Waals surface area contributed by atoms with E-state index in [-0.39, 0.29) is 24.0 Å². The number of benzene rings is 2. The van der Waals surface area contributed by atoms with Crippen molar-refractivity contribution in [2.24, 2.45) is 4.99 Å². The second-order valence-corrected chi connectivity index (χ2v) is 6.71. The molecule has 31 heavy (non-hydrogen) atoms. The van der Waals surface area contributed by atoms with Gasteiger partial charge in [0, 0.05) is 25.6 Å². The standard InChI is InChI=1S/C23H28N4O3.HI/c1-17-4-6-18(7-5-17)22-27-19(16-30-22)12-13-25-23(24-2)26-14-15-29-21-10-8-20(28-3)9-11-21;/h4-11,16H,12-15H2,1-3H3,(H2,24,25,26);1H. The second-order valence-electron chi connectivity index (χ2n) is 6.71. The molecule has 0 aliphatic rings. The average Bonchev–Trinajstić information content (AvgIpc) is 3.25. The van der Waals surface area contributed by atoms with Gasteiger partial charge in [0.05, 0.1) is 19.3 Å². The van der Waals surface area contributed by atoms with E-state index in [1.54, 1.807) is 20.4 Å². The summed E-state index contributed by atoms with van der Waals surface area (Å²) in [6.45, 7) is 3.91. The molecule has 0 aliphatic carbocycles. The fourth-order valence-corrected chi connectivity index (χ4v) is 2.79. The third-order valence-electron chi connectivity index (χ3n) is 4.47. The summed E-state index contributed by atoms with van der Waals surface area (Å²) in [7, 11) is 3.38. The van der Waals surface area contributed by atoms with Crippen LogP contribution in [0.2, 0.25) is 0 Å². The molecule has 0 bridgehead atoms. The molecule has 0 atom stereocenters. The van der Waals surface area contributed by atoms with E-state index in [1.165, 1.54) is 5.56 Å². The maximum atomic E-state index is 5.70. The number of aromatic nitrogens is 1. The smallest absolute Gasteiger partial charge is 0.226 e. The SMILES string of the molecule is CN=C(NCCOc1ccc(OC)cc1)NCCc1coc(-c2ccc(C)cc2)n1.I. The summed E-state index contributed by atoms with van der Waals surface area (Å²) in [5.41, 5.74) is 3.09. The van der Waals surface area contributed by atoms with Crippen LogP contribution in [0.15, 0.2) is 64.2 Å². The molecule has 0 saturated carbocycles. The summed E-state index contributed by atoms with van der Waals surface area (Å²) in [4.78, 5) is 8.78. The van der Waals surface area contributed by atoms with Crippen molar-refractivity contribution in [2.75, 3.05) is 33.9 Å². The Morgan fingerprint density at radius 2 is 1.68 bits per heavy atom. The van der Waals surface area contributed by atoms with E-state index < -0.39 is 0 Å². The van der Waals surface area contributed by atoms with Crippen molar-refractivity contribution in [1.82, 2.24) is 15.6 Å². The topological polar surface area (TPSA) is 80.9 Å². The van der Waals surface area contributed by atoms with Crippen LogP contribution in [-0.4, -0.2) is 44.8 Å². The van der Waals surface area contributed by atoms with Crippen molar-refractivity contribution >= 4 is 29.9 Å². The monoisotopic (exact) mass is 536 g/mol. The highest BCUT2D eigenvalue weighted by Crippen LogP contribution is 2.19. The first kappa shape index (κ1) is 24.5. The Morgan fingerprint density at radius 1 is 1.00 bits per heavy atom. The molecule has 8 heteroatoms. The number of oxazole rings is 1. The van der Waals surface area contributed by atoms with Crippen molar-refractivity contribution in [2.45, 2.75) is 13.3 Å². The fraction of sp³-hybridized carbons (Fsp3) is 0.304. The number of nitrogens with one attached hydrogen (secondary N) is 2. The third kappa shape index (κ3) is 7.78. The highest BCUT2D eigenvalue weighted by atomic mass is 127. The molecule has 2 aromatic carbocycles. The first-order valence-corrected chi connectivity index (χ1v) is 9.91. The molecule has 7 nitrogen and oxygen atoms in total. The number of nitrogens with zero attached hydrogens (tertiary/aromatic N) is 2. The van der Waals surface area contributed by atoms with Gasteiger partial charge in [-0.2, -0.15) is 0 Å². The number of hydrogen-bond acceptors (Lipinski definition) is 5. The van der Waals surface area contributed by atoms with Crippen LogP contribution in [0.1, 0.15) is 11.3 Å². The van der Waals surface area contributed by atoms with Gasteiger partial charge in [-0.25, -0.2) is 4.98 Å². The van der Waals surface area contributed by atoms with Gasteiger partial charge in [-0.3, -0.25) is 4.99 Å².